The molecule has 4 nitrogen and oxygen atoms in total. The van der Waals surface area contributed by atoms with Gasteiger partial charge in [0.25, 0.3) is 0 Å². The smallest absolute Gasteiger partial charge is 0.150 e. The van der Waals surface area contributed by atoms with Crippen molar-refractivity contribution in [3.8, 4) is 0 Å². The Bertz CT molecular complexity index is 405. The van der Waals surface area contributed by atoms with Crippen molar-refractivity contribution in [2.75, 3.05) is 18.5 Å². The zero-order chi connectivity index (χ0) is 13.1. The second-order valence-electron chi connectivity index (χ2n) is 5.38. The van der Waals surface area contributed by atoms with E-state index in [4.69, 9.17) is 5.73 Å². The highest BCUT2D eigenvalue weighted by Gasteiger charge is 2.28. The molecular weight excluding hydrogens is 224 g/mol. The topological polar surface area (TPSA) is 55.0 Å². The summed E-state index contributed by atoms with van der Waals surface area (Å²) in [6.07, 6.45) is 6.89. The van der Waals surface area contributed by atoms with Gasteiger partial charge in [-0.1, -0.05) is 12.8 Å². The van der Waals surface area contributed by atoms with Crippen molar-refractivity contribution in [2.24, 2.45) is 11.7 Å². The summed E-state index contributed by atoms with van der Waals surface area (Å²) in [6.45, 7) is 4.79. The van der Waals surface area contributed by atoms with Gasteiger partial charge in [-0.15, -0.1) is 0 Å². The summed E-state index contributed by atoms with van der Waals surface area (Å²) in [7, 11) is 2.13. The van der Waals surface area contributed by atoms with E-state index in [1.807, 2.05) is 20.0 Å². The molecule has 0 radical (unpaired) electrons. The van der Waals surface area contributed by atoms with Crippen LogP contribution in [0.1, 0.15) is 37.1 Å². The van der Waals surface area contributed by atoms with Crippen LogP contribution in [0.3, 0.4) is 0 Å². The molecule has 18 heavy (non-hydrogen) atoms. The molecule has 0 amide bonds. The predicted molar refractivity (Wildman–Crippen MR) is 74.7 cm³/mol. The lowest BCUT2D eigenvalue weighted by atomic mass is 9.83. The Kier molecular flexibility index (Phi) is 4.17. The van der Waals surface area contributed by atoms with Crippen LogP contribution in [-0.2, 0) is 0 Å². The van der Waals surface area contributed by atoms with Crippen LogP contribution in [0.4, 0.5) is 5.82 Å². The minimum atomic E-state index is 0.513. The third-order valence-corrected chi connectivity index (χ3v) is 4.05. The number of rotatable bonds is 3. The lowest BCUT2D eigenvalue weighted by molar-refractivity contribution is 0.305. The van der Waals surface area contributed by atoms with Crippen molar-refractivity contribution >= 4 is 5.82 Å². The van der Waals surface area contributed by atoms with E-state index in [0.717, 1.165) is 23.8 Å². The fourth-order valence-electron chi connectivity index (χ4n) is 2.99. The SMILES string of the molecule is Cc1cnc(C)c(N(C)C2CCCCC2CN)n1. The fourth-order valence-corrected chi connectivity index (χ4v) is 2.99. The molecule has 1 saturated carbocycles. The summed E-state index contributed by atoms with van der Waals surface area (Å²) >= 11 is 0. The molecule has 2 rings (SSSR count). The quantitative estimate of drug-likeness (QED) is 0.889. The van der Waals surface area contributed by atoms with Crippen molar-refractivity contribution in [3.63, 3.8) is 0 Å². The molecule has 2 N–H and O–H groups in total. The maximum atomic E-state index is 5.91. The largest absolute Gasteiger partial charge is 0.355 e. The maximum absolute atomic E-state index is 5.91. The van der Waals surface area contributed by atoms with E-state index < -0.39 is 0 Å². The maximum Gasteiger partial charge on any atom is 0.150 e. The molecule has 0 spiro atoms. The van der Waals surface area contributed by atoms with Gasteiger partial charge in [-0.05, 0) is 39.2 Å². The van der Waals surface area contributed by atoms with Crippen molar-refractivity contribution in [1.82, 2.24) is 9.97 Å². The van der Waals surface area contributed by atoms with Gasteiger partial charge >= 0.3 is 0 Å². The first-order chi connectivity index (χ1) is 8.63. The van der Waals surface area contributed by atoms with E-state index in [9.17, 15) is 0 Å². The Hall–Kier alpha value is -1.16. The minimum Gasteiger partial charge on any atom is -0.355 e. The molecular formula is C14H24N4. The summed E-state index contributed by atoms with van der Waals surface area (Å²) in [5.74, 6) is 1.60. The summed E-state index contributed by atoms with van der Waals surface area (Å²) in [4.78, 5) is 11.3. The predicted octanol–water partition coefficient (Wildman–Crippen LogP) is 2.05. The number of hydrogen-bond acceptors (Lipinski definition) is 4. The van der Waals surface area contributed by atoms with Gasteiger partial charge < -0.3 is 10.6 Å². The normalized spacial score (nSPS) is 24.0. The molecule has 0 aromatic carbocycles. The van der Waals surface area contributed by atoms with Crippen LogP contribution in [0.15, 0.2) is 6.20 Å². The lowest BCUT2D eigenvalue weighted by Gasteiger charge is -2.38. The minimum absolute atomic E-state index is 0.513. The summed E-state index contributed by atoms with van der Waals surface area (Å²) in [5.41, 5.74) is 7.89. The van der Waals surface area contributed by atoms with Crippen molar-refractivity contribution in [3.05, 3.63) is 17.6 Å². The lowest BCUT2D eigenvalue weighted by Crippen LogP contribution is -2.44. The Morgan fingerprint density at radius 1 is 1.33 bits per heavy atom. The summed E-state index contributed by atoms with van der Waals surface area (Å²) < 4.78 is 0. The molecule has 1 aromatic rings. The first kappa shape index (κ1) is 13.3. The van der Waals surface area contributed by atoms with Gasteiger partial charge in [0, 0.05) is 19.3 Å². The second kappa shape index (κ2) is 5.65. The van der Waals surface area contributed by atoms with Crippen LogP contribution in [0.2, 0.25) is 0 Å². The Morgan fingerprint density at radius 2 is 2.06 bits per heavy atom. The van der Waals surface area contributed by atoms with Gasteiger partial charge in [-0.2, -0.15) is 0 Å². The number of hydrogen-bond donors (Lipinski definition) is 1. The van der Waals surface area contributed by atoms with E-state index in [0.29, 0.717) is 12.0 Å². The average Bonchev–Trinajstić information content (AvgIpc) is 2.40. The average molecular weight is 248 g/mol. The third kappa shape index (κ3) is 2.64. The van der Waals surface area contributed by atoms with E-state index in [-0.39, 0.29) is 0 Å². The third-order valence-electron chi connectivity index (χ3n) is 4.05. The molecule has 1 aliphatic rings. The van der Waals surface area contributed by atoms with Crippen LogP contribution in [0.5, 0.6) is 0 Å². The number of nitrogens with two attached hydrogens (primary N) is 1. The number of nitrogens with zero attached hydrogens (tertiary/aromatic N) is 3. The fraction of sp³-hybridized carbons (Fsp3) is 0.714. The standard InChI is InChI=1S/C14H24N4/c1-10-9-16-11(2)14(17-10)18(3)13-7-5-4-6-12(13)8-15/h9,12-13H,4-8,15H2,1-3H3. The molecule has 0 bridgehead atoms. The molecule has 2 unspecified atom stereocenters. The molecule has 1 aromatic heterocycles. The van der Waals surface area contributed by atoms with Crippen LogP contribution in [0, 0.1) is 19.8 Å². The molecule has 1 aliphatic carbocycles. The molecule has 4 heteroatoms. The van der Waals surface area contributed by atoms with Crippen LogP contribution in [0.25, 0.3) is 0 Å². The molecule has 100 valence electrons. The summed E-state index contributed by atoms with van der Waals surface area (Å²) in [6, 6.07) is 0.513. The zero-order valence-electron chi connectivity index (χ0n) is 11.7. The Labute approximate surface area is 110 Å². The van der Waals surface area contributed by atoms with Gasteiger partial charge in [0.2, 0.25) is 0 Å². The number of anilines is 1. The van der Waals surface area contributed by atoms with Crippen molar-refractivity contribution in [1.29, 1.82) is 0 Å². The Morgan fingerprint density at radius 3 is 2.78 bits per heavy atom. The number of aromatic nitrogens is 2. The first-order valence-corrected chi connectivity index (χ1v) is 6.86. The zero-order valence-corrected chi connectivity index (χ0v) is 11.7. The van der Waals surface area contributed by atoms with Gasteiger partial charge in [-0.3, -0.25) is 4.98 Å². The Balaban J connectivity index is 2.23. The number of aryl methyl sites for hydroxylation is 2. The van der Waals surface area contributed by atoms with E-state index >= 15 is 0 Å². The molecule has 1 heterocycles. The van der Waals surface area contributed by atoms with Gasteiger partial charge in [-0.25, -0.2) is 4.98 Å². The first-order valence-electron chi connectivity index (χ1n) is 6.86. The van der Waals surface area contributed by atoms with Crippen LogP contribution >= 0.6 is 0 Å². The van der Waals surface area contributed by atoms with Gasteiger partial charge in [0.05, 0.1) is 11.4 Å². The monoisotopic (exact) mass is 248 g/mol. The highest BCUT2D eigenvalue weighted by molar-refractivity contribution is 5.43. The highest BCUT2D eigenvalue weighted by Crippen LogP contribution is 2.30. The van der Waals surface area contributed by atoms with E-state index in [1.54, 1.807) is 0 Å². The molecule has 2 atom stereocenters. The van der Waals surface area contributed by atoms with E-state index in [2.05, 4.69) is 21.9 Å². The van der Waals surface area contributed by atoms with Crippen LogP contribution < -0.4 is 10.6 Å². The van der Waals surface area contributed by atoms with Crippen LogP contribution in [-0.4, -0.2) is 29.6 Å². The van der Waals surface area contributed by atoms with Crippen molar-refractivity contribution < 1.29 is 0 Å². The molecule has 0 aliphatic heterocycles. The molecule has 0 saturated heterocycles. The van der Waals surface area contributed by atoms with E-state index in [1.165, 1.54) is 25.7 Å². The highest BCUT2D eigenvalue weighted by atomic mass is 15.2. The van der Waals surface area contributed by atoms with Crippen molar-refractivity contribution in [2.45, 2.75) is 45.6 Å². The molecule has 1 fully saturated rings. The van der Waals surface area contributed by atoms with Gasteiger partial charge in [0.1, 0.15) is 5.82 Å². The second-order valence-corrected chi connectivity index (χ2v) is 5.38. The van der Waals surface area contributed by atoms with Gasteiger partial charge in [0.15, 0.2) is 0 Å². The summed E-state index contributed by atoms with van der Waals surface area (Å²) in [5, 5.41) is 0.